The highest BCUT2D eigenvalue weighted by atomic mass is 32.2. The van der Waals surface area contributed by atoms with E-state index in [0.717, 1.165) is 34.3 Å². The van der Waals surface area contributed by atoms with E-state index in [9.17, 15) is 27.6 Å². The fourth-order valence-corrected chi connectivity index (χ4v) is 5.31. The van der Waals surface area contributed by atoms with E-state index in [2.05, 4.69) is 63.6 Å². The van der Waals surface area contributed by atoms with E-state index in [1.807, 2.05) is 31.4 Å². The topological polar surface area (TPSA) is 154 Å². The number of aliphatic carboxylic acids is 1. The van der Waals surface area contributed by atoms with E-state index >= 15 is 0 Å². The number of aromatic amines is 1. The largest absolute Gasteiger partial charge is 0.490 e. The summed E-state index contributed by atoms with van der Waals surface area (Å²) in [6.07, 6.45) is 0.149. The molecule has 11 nitrogen and oxygen atoms in total. The normalized spacial score (nSPS) is 13.2. The van der Waals surface area contributed by atoms with Crippen LogP contribution in [0.1, 0.15) is 43.8 Å². The molecule has 48 heavy (non-hydrogen) atoms. The molecule has 0 aliphatic heterocycles. The Kier molecular flexibility index (Phi) is 16.4. The summed E-state index contributed by atoms with van der Waals surface area (Å²) >= 11 is 1.61. The molecule has 264 valence electrons. The lowest BCUT2D eigenvalue weighted by atomic mass is 9.97. The first-order valence-electron chi connectivity index (χ1n) is 15.3. The van der Waals surface area contributed by atoms with Gasteiger partial charge >= 0.3 is 18.1 Å². The van der Waals surface area contributed by atoms with Gasteiger partial charge in [-0.05, 0) is 47.6 Å². The van der Waals surface area contributed by atoms with Gasteiger partial charge in [-0.15, -0.1) is 0 Å². The molecule has 0 aliphatic rings. The third-order valence-corrected chi connectivity index (χ3v) is 8.19. The number of aromatic nitrogens is 2. The minimum atomic E-state index is -5.08. The molecular weight excluding hydrogens is 651 g/mol. The lowest BCUT2D eigenvalue weighted by molar-refractivity contribution is -0.192. The number of nitrogens with zero attached hydrogens (tertiary/aromatic N) is 2. The van der Waals surface area contributed by atoms with Crippen LogP contribution in [0.3, 0.4) is 0 Å². The number of carboxylic acid groups (broad SMARTS) is 1. The van der Waals surface area contributed by atoms with Crippen molar-refractivity contribution in [1.82, 2.24) is 25.5 Å². The van der Waals surface area contributed by atoms with Crippen LogP contribution in [-0.4, -0.2) is 94.2 Å². The second kappa shape index (κ2) is 19.6. The van der Waals surface area contributed by atoms with E-state index in [0.29, 0.717) is 25.2 Å². The highest BCUT2D eigenvalue weighted by molar-refractivity contribution is 7.98. The first-order valence-corrected chi connectivity index (χ1v) is 16.7. The monoisotopic (exact) mass is 695 g/mol. The summed E-state index contributed by atoms with van der Waals surface area (Å²) in [7, 11) is 1.33. The number of carbonyl (C=O) groups is 4. The predicted molar refractivity (Wildman–Crippen MR) is 178 cm³/mol. The number of halogens is 3. The summed E-state index contributed by atoms with van der Waals surface area (Å²) in [6, 6.07) is 13.4. The minimum absolute atomic E-state index is 0.0668. The third-order valence-electron chi connectivity index (χ3n) is 7.55. The fraction of sp³-hybridized carbons (Fsp3) is 0.485. The number of hydrogen-bond acceptors (Lipinski definition) is 8. The molecule has 0 aliphatic carbocycles. The molecule has 4 N–H and O–H groups in total. The lowest BCUT2D eigenvalue weighted by Crippen LogP contribution is -2.51. The van der Waals surface area contributed by atoms with Crippen LogP contribution in [0, 0.1) is 12.8 Å². The smallest absolute Gasteiger partial charge is 0.475 e. The number of rotatable bonds is 16. The minimum Gasteiger partial charge on any atom is -0.475 e. The van der Waals surface area contributed by atoms with Gasteiger partial charge in [0.1, 0.15) is 11.9 Å². The highest BCUT2D eigenvalue weighted by Crippen LogP contribution is 2.21. The Balaban J connectivity index is 0.00000103. The Morgan fingerprint density at radius 2 is 1.75 bits per heavy atom. The zero-order valence-electron chi connectivity index (χ0n) is 27.7. The highest BCUT2D eigenvalue weighted by Gasteiger charge is 2.38. The number of imidazole rings is 1. The fourth-order valence-electron chi connectivity index (χ4n) is 4.84. The standard InChI is InChI=1S/C31H43N5O4S.C2HF3O2/c1-6-21(2)28(35-29(37)16-25-17-32-22(3)33-25)19-36(18-24-12-9-11-23-10-7-8-13-26(23)24)20-30(38)34-27(14-15-41-5)31(39)40-4;3-2(4,5)1(6)7/h7-13,17,21,27-28H,6,14-16,18-20H2,1-5H3,(H,32,33)(H,34,38)(H,35,37);(H,6,7)/t21-,27-,28+;/m0./s1. The molecule has 0 bridgehead atoms. The van der Waals surface area contributed by atoms with Gasteiger partial charge in [-0.3, -0.25) is 14.5 Å². The molecule has 2 aromatic carbocycles. The maximum absolute atomic E-state index is 13.3. The van der Waals surface area contributed by atoms with Gasteiger partial charge < -0.3 is 25.5 Å². The Hall–Kier alpha value is -4.11. The molecule has 3 rings (SSSR count). The number of ether oxygens (including phenoxy) is 1. The first-order chi connectivity index (χ1) is 22.7. The maximum Gasteiger partial charge on any atom is 0.490 e. The van der Waals surface area contributed by atoms with Crippen LogP contribution in [-0.2, 0) is 36.9 Å². The maximum atomic E-state index is 13.3. The Bertz CT molecular complexity index is 1500. The van der Waals surface area contributed by atoms with Crippen molar-refractivity contribution in [3.63, 3.8) is 0 Å². The molecule has 1 heterocycles. The zero-order valence-corrected chi connectivity index (χ0v) is 28.5. The molecule has 0 saturated heterocycles. The van der Waals surface area contributed by atoms with E-state index in [1.54, 1.807) is 18.0 Å². The second-order valence-corrected chi connectivity index (χ2v) is 12.2. The van der Waals surface area contributed by atoms with Crippen molar-refractivity contribution in [2.45, 2.75) is 64.8 Å². The molecule has 0 fully saturated rings. The first kappa shape index (κ1) is 40.1. The number of thioether (sulfide) groups is 1. The summed E-state index contributed by atoms with van der Waals surface area (Å²) in [6.45, 7) is 7.09. The van der Waals surface area contributed by atoms with Gasteiger partial charge in [-0.2, -0.15) is 24.9 Å². The van der Waals surface area contributed by atoms with E-state index in [1.165, 1.54) is 7.11 Å². The van der Waals surface area contributed by atoms with Gasteiger partial charge in [0.15, 0.2) is 0 Å². The molecule has 0 saturated carbocycles. The zero-order chi connectivity index (χ0) is 35.9. The van der Waals surface area contributed by atoms with Crippen LogP contribution in [0.2, 0.25) is 0 Å². The van der Waals surface area contributed by atoms with Crippen molar-refractivity contribution < 1.29 is 42.2 Å². The molecular formula is C33H44F3N5O6S. The summed E-state index contributed by atoms with van der Waals surface area (Å²) in [5.41, 5.74) is 1.78. The van der Waals surface area contributed by atoms with E-state index < -0.39 is 24.2 Å². The molecule has 1 aromatic heterocycles. The van der Waals surface area contributed by atoms with Crippen LogP contribution in [0.15, 0.2) is 48.7 Å². The SMILES string of the molecule is CC[C@H](C)[C@@H](CN(CC(=O)N[C@@H](CCSC)C(=O)OC)Cc1cccc2ccccc12)NC(=O)Cc1c[nH]c(C)n1.O=C(O)C(F)(F)F. The quantitative estimate of drug-likeness (QED) is 0.159. The molecule has 2 amide bonds. The summed E-state index contributed by atoms with van der Waals surface area (Å²) in [5.74, 6) is -1.93. The predicted octanol–water partition coefficient (Wildman–Crippen LogP) is 4.49. The van der Waals surface area contributed by atoms with Crippen LogP contribution >= 0.6 is 11.8 Å². The van der Waals surface area contributed by atoms with Crippen molar-refractivity contribution in [3.8, 4) is 0 Å². The molecule has 3 aromatic rings. The number of aryl methyl sites for hydroxylation is 1. The number of benzene rings is 2. The van der Waals surface area contributed by atoms with Crippen molar-refractivity contribution in [3.05, 3.63) is 65.7 Å². The Labute approximate surface area is 282 Å². The van der Waals surface area contributed by atoms with Gasteiger partial charge in [0.2, 0.25) is 11.8 Å². The van der Waals surface area contributed by atoms with Crippen molar-refractivity contribution >= 4 is 46.3 Å². The van der Waals surface area contributed by atoms with Crippen LogP contribution < -0.4 is 10.6 Å². The number of nitrogens with one attached hydrogen (secondary N) is 3. The molecule has 0 spiro atoms. The van der Waals surface area contributed by atoms with E-state index in [-0.39, 0.29) is 36.7 Å². The molecule has 3 atom stereocenters. The van der Waals surface area contributed by atoms with Gasteiger partial charge in [0.05, 0.1) is 25.8 Å². The van der Waals surface area contributed by atoms with Crippen molar-refractivity contribution in [1.29, 1.82) is 0 Å². The van der Waals surface area contributed by atoms with Crippen molar-refractivity contribution in [2.24, 2.45) is 5.92 Å². The van der Waals surface area contributed by atoms with Gasteiger partial charge in [0.25, 0.3) is 0 Å². The summed E-state index contributed by atoms with van der Waals surface area (Å²) < 4.78 is 36.7. The summed E-state index contributed by atoms with van der Waals surface area (Å²) in [5, 5.41) is 15.5. The van der Waals surface area contributed by atoms with Gasteiger partial charge in [-0.1, -0.05) is 62.7 Å². The average molecular weight is 696 g/mol. The van der Waals surface area contributed by atoms with Gasteiger partial charge in [-0.25, -0.2) is 14.6 Å². The number of fused-ring (bicyclic) bond motifs is 1. The van der Waals surface area contributed by atoms with Crippen LogP contribution in [0.25, 0.3) is 10.8 Å². The van der Waals surface area contributed by atoms with Gasteiger partial charge in [0, 0.05) is 25.3 Å². The number of methoxy groups -OCH3 is 1. The summed E-state index contributed by atoms with van der Waals surface area (Å²) in [4.78, 5) is 57.0. The third kappa shape index (κ3) is 13.6. The van der Waals surface area contributed by atoms with E-state index in [4.69, 9.17) is 14.6 Å². The number of carbonyl (C=O) groups excluding carboxylic acids is 3. The lowest BCUT2D eigenvalue weighted by Gasteiger charge is -2.31. The molecule has 0 unspecified atom stereocenters. The van der Waals surface area contributed by atoms with Crippen LogP contribution in [0.4, 0.5) is 13.2 Å². The number of hydrogen-bond donors (Lipinski definition) is 4. The Morgan fingerprint density at radius 3 is 2.33 bits per heavy atom. The number of H-pyrrole nitrogens is 1. The molecule has 15 heteroatoms. The number of alkyl halides is 3. The average Bonchev–Trinajstić information content (AvgIpc) is 3.45. The van der Waals surface area contributed by atoms with Crippen LogP contribution in [0.5, 0.6) is 0 Å². The number of carboxylic acids is 1. The Morgan fingerprint density at radius 1 is 1.08 bits per heavy atom. The second-order valence-electron chi connectivity index (χ2n) is 11.2. The van der Waals surface area contributed by atoms with Crippen molar-refractivity contribution in [2.75, 3.05) is 32.2 Å². The molecule has 0 radical (unpaired) electrons. The number of esters is 1. The number of amides is 2.